The first-order valence-electron chi connectivity index (χ1n) is 8.44. The standard InChI is InChI=1S/C16H37N5/c1-8-10-20-14-12-19(7)13-15-21(11-9-2)16(20,17(3)4)18(5)6/h8-15H2,1-7H3. The summed E-state index contributed by atoms with van der Waals surface area (Å²) in [5.74, 6) is -0.118. The minimum Gasteiger partial charge on any atom is -0.304 e. The van der Waals surface area contributed by atoms with E-state index in [9.17, 15) is 0 Å². The van der Waals surface area contributed by atoms with Gasteiger partial charge >= 0.3 is 0 Å². The fraction of sp³-hybridized carbons (Fsp3) is 1.00. The highest BCUT2D eigenvalue weighted by Gasteiger charge is 2.46. The van der Waals surface area contributed by atoms with Crippen molar-refractivity contribution in [2.24, 2.45) is 0 Å². The summed E-state index contributed by atoms with van der Waals surface area (Å²) in [6, 6.07) is 0. The summed E-state index contributed by atoms with van der Waals surface area (Å²) in [6.07, 6.45) is 2.38. The first kappa shape index (κ1) is 18.8. The van der Waals surface area contributed by atoms with Crippen LogP contribution in [0.25, 0.3) is 0 Å². The van der Waals surface area contributed by atoms with E-state index < -0.39 is 0 Å². The van der Waals surface area contributed by atoms with Crippen molar-refractivity contribution in [1.82, 2.24) is 24.5 Å². The van der Waals surface area contributed by atoms with Gasteiger partial charge in [0, 0.05) is 39.3 Å². The minimum absolute atomic E-state index is 0.118. The van der Waals surface area contributed by atoms with E-state index in [-0.39, 0.29) is 5.91 Å². The molecule has 0 amide bonds. The second-order valence-electron chi connectivity index (χ2n) is 6.67. The molecule has 0 radical (unpaired) electrons. The lowest BCUT2D eigenvalue weighted by Gasteiger charge is -2.59. The molecule has 21 heavy (non-hydrogen) atoms. The summed E-state index contributed by atoms with van der Waals surface area (Å²) in [5.41, 5.74) is 0. The van der Waals surface area contributed by atoms with Gasteiger partial charge < -0.3 is 4.90 Å². The molecule has 1 aliphatic rings. The van der Waals surface area contributed by atoms with E-state index in [1.807, 2.05) is 0 Å². The van der Waals surface area contributed by atoms with Gasteiger partial charge in [0.25, 0.3) is 0 Å². The highest BCUT2D eigenvalue weighted by atomic mass is 15.7. The lowest BCUT2D eigenvalue weighted by atomic mass is 10.2. The predicted molar refractivity (Wildman–Crippen MR) is 91.3 cm³/mol. The molecule has 0 saturated carbocycles. The molecule has 1 saturated heterocycles. The quantitative estimate of drug-likeness (QED) is 0.681. The first-order valence-corrected chi connectivity index (χ1v) is 8.44. The van der Waals surface area contributed by atoms with Gasteiger partial charge in [0.15, 0.2) is 5.91 Å². The van der Waals surface area contributed by atoms with Gasteiger partial charge in [-0.2, -0.15) is 0 Å². The zero-order valence-electron chi connectivity index (χ0n) is 15.4. The molecule has 1 fully saturated rings. The second-order valence-corrected chi connectivity index (χ2v) is 6.67. The molecule has 5 nitrogen and oxygen atoms in total. The summed E-state index contributed by atoms with van der Waals surface area (Å²) in [7, 11) is 11.1. The highest BCUT2D eigenvalue weighted by Crippen LogP contribution is 2.27. The fourth-order valence-electron chi connectivity index (χ4n) is 3.79. The van der Waals surface area contributed by atoms with Crippen LogP contribution in [0.1, 0.15) is 26.7 Å². The van der Waals surface area contributed by atoms with Crippen molar-refractivity contribution in [2.75, 3.05) is 74.5 Å². The fourth-order valence-corrected chi connectivity index (χ4v) is 3.79. The van der Waals surface area contributed by atoms with E-state index in [1.165, 1.54) is 12.8 Å². The predicted octanol–water partition coefficient (Wildman–Crippen LogP) is 1.09. The van der Waals surface area contributed by atoms with E-state index in [1.54, 1.807) is 0 Å². The normalized spacial score (nSPS) is 22.7. The van der Waals surface area contributed by atoms with Crippen molar-refractivity contribution in [2.45, 2.75) is 32.6 Å². The molecule has 0 N–H and O–H groups in total. The Balaban J connectivity index is 3.23. The molecule has 0 bridgehead atoms. The molecule has 1 aliphatic heterocycles. The van der Waals surface area contributed by atoms with E-state index in [4.69, 9.17) is 0 Å². The average Bonchev–Trinajstić information content (AvgIpc) is 2.40. The van der Waals surface area contributed by atoms with Crippen LogP contribution in [0.5, 0.6) is 0 Å². The smallest absolute Gasteiger partial charge is 0.190 e. The van der Waals surface area contributed by atoms with E-state index >= 15 is 0 Å². The molecule has 0 spiro atoms. The second kappa shape index (κ2) is 8.44. The average molecular weight is 300 g/mol. The van der Waals surface area contributed by atoms with Crippen LogP contribution in [-0.2, 0) is 0 Å². The minimum atomic E-state index is -0.118. The lowest BCUT2D eigenvalue weighted by molar-refractivity contribution is -0.240. The Morgan fingerprint density at radius 3 is 1.43 bits per heavy atom. The van der Waals surface area contributed by atoms with Gasteiger partial charge in [0.2, 0.25) is 0 Å². The van der Waals surface area contributed by atoms with Crippen molar-refractivity contribution in [1.29, 1.82) is 0 Å². The summed E-state index contributed by atoms with van der Waals surface area (Å²) < 4.78 is 0. The van der Waals surface area contributed by atoms with Crippen molar-refractivity contribution in [3.63, 3.8) is 0 Å². The molecular weight excluding hydrogens is 262 g/mol. The maximum absolute atomic E-state index is 2.65. The van der Waals surface area contributed by atoms with Crippen LogP contribution in [0.4, 0.5) is 0 Å². The Morgan fingerprint density at radius 2 is 1.14 bits per heavy atom. The van der Waals surface area contributed by atoms with Gasteiger partial charge in [0.1, 0.15) is 0 Å². The summed E-state index contributed by atoms with van der Waals surface area (Å²) in [5, 5.41) is 0. The molecule has 0 unspecified atom stereocenters. The molecule has 0 aromatic carbocycles. The Kier molecular flexibility index (Phi) is 7.57. The van der Waals surface area contributed by atoms with Crippen LogP contribution in [0.3, 0.4) is 0 Å². The van der Waals surface area contributed by atoms with Gasteiger partial charge in [0.05, 0.1) is 0 Å². The van der Waals surface area contributed by atoms with Crippen LogP contribution in [-0.4, -0.2) is 105 Å². The van der Waals surface area contributed by atoms with Gasteiger partial charge in [-0.05, 0) is 48.1 Å². The van der Waals surface area contributed by atoms with Gasteiger partial charge in [-0.3, -0.25) is 19.6 Å². The third kappa shape index (κ3) is 3.96. The van der Waals surface area contributed by atoms with Crippen molar-refractivity contribution in [3.05, 3.63) is 0 Å². The van der Waals surface area contributed by atoms with Crippen molar-refractivity contribution in [3.8, 4) is 0 Å². The molecular formula is C16H37N5. The topological polar surface area (TPSA) is 16.2 Å². The number of likely N-dealkylation sites (N-methyl/N-ethyl adjacent to an activating group) is 1. The Labute approximate surface area is 132 Å². The van der Waals surface area contributed by atoms with E-state index in [0.29, 0.717) is 0 Å². The molecule has 0 atom stereocenters. The lowest BCUT2D eigenvalue weighted by Crippen LogP contribution is -2.76. The van der Waals surface area contributed by atoms with E-state index in [0.717, 1.165) is 39.3 Å². The molecule has 126 valence electrons. The third-order valence-electron chi connectivity index (χ3n) is 4.54. The Hall–Kier alpha value is -0.200. The molecule has 0 aromatic heterocycles. The van der Waals surface area contributed by atoms with Crippen LogP contribution in [0, 0.1) is 0 Å². The van der Waals surface area contributed by atoms with Crippen LogP contribution < -0.4 is 0 Å². The van der Waals surface area contributed by atoms with Crippen molar-refractivity contribution < 1.29 is 0 Å². The summed E-state index contributed by atoms with van der Waals surface area (Å²) in [4.78, 5) is 12.5. The van der Waals surface area contributed by atoms with Crippen LogP contribution in [0.2, 0.25) is 0 Å². The maximum Gasteiger partial charge on any atom is 0.190 e. The van der Waals surface area contributed by atoms with Crippen molar-refractivity contribution >= 4 is 0 Å². The number of hydrogen-bond acceptors (Lipinski definition) is 5. The number of nitrogens with zero attached hydrogens (tertiary/aromatic N) is 5. The zero-order chi connectivity index (χ0) is 16.0. The molecule has 0 aromatic rings. The number of rotatable bonds is 6. The van der Waals surface area contributed by atoms with Gasteiger partial charge in [-0.25, -0.2) is 0 Å². The largest absolute Gasteiger partial charge is 0.304 e. The van der Waals surface area contributed by atoms with E-state index in [2.05, 4.69) is 73.6 Å². The SMILES string of the molecule is CCCN1CCN(C)CCN(CCC)C1(N(C)C)N(C)C. The molecule has 1 rings (SSSR count). The zero-order valence-corrected chi connectivity index (χ0v) is 15.4. The molecule has 5 heteroatoms. The molecule has 0 aliphatic carbocycles. The maximum atomic E-state index is 2.65. The summed E-state index contributed by atoms with van der Waals surface area (Å²) >= 11 is 0. The van der Waals surface area contributed by atoms with Crippen LogP contribution >= 0.6 is 0 Å². The van der Waals surface area contributed by atoms with Gasteiger partial charge in [-0.1, -0.05) is 13.8 Å². The molecule has 1 heterocycles. The highest BCUT2D eigenvalue weighted by molar-refractivity contribution is 4.89. The monoisotopic (exact) mass is 299 g/mol. The Bertz CT molecular complexity index is 264. The third-order valence-corrected chi connectivity index (χ3v) is 4.54. The Morgan fingerprint density at radius 1 is 0.762 bits per heavy atom. The van der Waals surface area contributed by atoms with Gasteiger partial charge in [-0.15, -0.1) is 0 Å². The summed E-state index contributed by atoms with van der Waals surface area (Å²) in [6.45, 7) is 11.3. The first-order chi connectivity index (χ1) is 9.91. The van der Waals surface area contributed by atoms with Crippen LogP contribution in [0.15, 0.2) is 0 Å². The number of hydrogen-bond donors (Lipinski definition) is 0.